The number of rotatable bonds is 7. The average Bonchev–Trinajstić information content (AvgIpc) is 2.63. The second kappa shape index (κ2) is 9.64. The van der Waals surface area contributed by atoms with E-state index in [9.17, 15) is 19.7 Å². The van der Waals surface area contributed by atoms with Crippen molar-refractivity contribution in [2.75, 3.05) is 25.0 Å². The summed E-state index contributed by atoms with van der Waals surface area (Å²) in [6, 6.07) is 4.80. The fraction of sp³-hybridized carbons (Fsp3) is 0.600. The molecule has 1 aromatic rings. The molecule has 0 aliphatic carbocycles. The van der Waals surface area contributed by atoms with Crippen LogP contribution in [0.15, 0.2) is 18.2 Å². The Bertz CT molecular complexity index is 727. The predicted octanol–water partition coefficient (Wildman–Crippen LogP) is 2.71. The van der Waals surface area contributed by atoms with Crippen molar-refractivity contribution in [2.24, 2.45) is 11.8 Å². The van der Waals surface area contributed by atoms with Gasteiger partial charge in [-0.1, -0.05) is 19.9 Å². The number of hydrogen-bond donors (Lipinski definition) is 2. The van der Waals surface area contributed by atoms with Crippen LogP contribution in [-0.2, 0) is 9.59 Å². The van der Waals surface area contributed by atoms with Crippen molar-refractivity contribution in [3.63, 3.8) is 0 Å². The lowest BCUT2D eigenvalue weighted by molar-refractivity contribution is -0.385. The molecule has 0 spiro atoms. The fourth-order valence-electron chi connectivity index (χ4n) is 3.15. The second-order valence-corrected chi connectivity index (χ2v) is 7.90. The predicted molar refractivity (Wildman–Crippen MR) is 108 cm³/mol. The van der Waals surface area contributed by atoms with E-state index in [-0.39, 0.29) is 36.0 Å². The van der Waals surface area contributed by atoms with Gasteiger partial charge in [-0.05, 0) is 51.8 Å². The number of piperidine rings is 1. The number of carbonyl (C=O) groups excluding carboxylic acids is 2. The number of carbonyl (C=O) groups is 2. The summed E-state index contributed by atoms with van der Waals surface area (Å²) < 4.78 is 0. The first-order chi connectivity index (χ1) is 13.2. The molecule has 1 aromatic carbocycles. The van der Waals surface area contributed by atoms with Crippen molar-refractivity contribution in [1.82, 2.24) is 10.2 Å². The van der Waals surface area contributed by atoms with E-state index in [0.717, 1.165) is 12.8 Å². The van der Waals surface area contributed by atoms with E-state index in [2.05, 4.69) is 24.5 Å². The fourth-order valence-corrected chi connectivity index (χ4v) is 3.15. The summed E-state index contributed by atoms with van der Waals surface area (Å²) in [6.07, 6.45) is 1.44. The summed E-state index contributed by atoms with van der Waals surface area (Å²) in [5.41, 5.74) is 0.953. The molecule has 1 atom stereocenters. The topological polar surface area (TPSA) is 105 Å². The molecule has 28 heavy (non-hydrogen) atoms. The molecule has 0 bridgehead atoms. The van der Waals surface area contributed by atoms with Crippen LogP contribution in [0.5, 0.6) is 0 Å². The van der Waals surface area contributed by atoms with Gasteiger partial charge in [0.25, 0.3) is 5.69 Å². The van der Waals surface area contributed by atoms with E-state index in [1.807, 2.05) is 11.8 Å². The molecule has 1 aliphatic rings. The maximum atomic E-state index is 12.3. The van der Waals surface area contributed by atoms with Crippen LogP contribution in [0, 0.1) is 28.9 Å². The number of nitrogens with zero attached hydrogens (tertiary/aromatic N) is 2. The van der Waals surface area contributed by atoms with Gasteiger partial charge < -0.3 is 10.6 Å². The first-order valence-corrected chi connectivity index (χ1v) is 9.75. The molecular formula is C20H30N4O4. The Labute approximate surface area is 165 Å². The van der Waals surface area contributed by atoms with Crippen LogP contribution in [0.25, 0.3) is 0 Å². The molecular weight excluding hydrogens is 360 g/mol. The minimum absolute atomic E-state index is 0.0136. The molecule has 154 valence electrons. The van der Waals surface area contributed by atoms with Gasteiger partial charge in [-0.25, -0.2) is 0 Å². The number of aryl methyl sites for hydroxylation is 1. The van der Waals surface area contributed by atoms with Gasteiger partial charge in [-0.2, -0.15) is 0 Å². The first-order valence-electron chi connectivity index (χ1n) is 9.75. The molecule has 0 radical (unpaired) electrons. The van der Waals surface area contributed by atoms with Gasteiger partial charge in [-0.15, -0.1) is 0 Å². The number of likely N-dealkylation sites (tertiary alicyclic amines) is 1. The third-order valence-electron chi connectivity index (χ3n) is 5.39. The SMILES string of the molecule is Cc1ccc(NC(=O)CN2CCC(C(=O)N[C@H](C)C(C)C)CC2)cc1[N+](=O)[O-]. The zero-order valence-corrected chi connectivity index (χ0v) is 17.0. The van der Waals surface area contributed by atoms with Crippen LogP contribution < -0.4 is 10.6 Å². The molecule has 8 heteroatoms. The molecule has 2 N–H and O–H groups in total. The zero-order valence-electron chi connectivity index (χ0n) is 17.0. The van der Waals surface area contributed by atoms with Crippen LogP contribution in [0.4, 0.5) is 11.4 Å². The van der Waals surface area contributed by atoms with E-state index < -0.39 is 4.92 Å². The Kier molecular flexibility index (Phi) is 7.51. The van der Waals surface area contributed by atoms with Crippen LogP contribution in [0.1, 0.15) is 39.2 Å². The number of benzene rings is 1. The lowest BCUT2D eigenvalue weighted by Crippen LogP contribution is -2.45. The molecule has 1 aliphatic heterocycles. The summed E-state index contributed by atoms with van der Waals surface area (Å²) in [5.74, 6) is 0.261. The number of nitrogens with one attached hydrogen (secondary N) is 2. The van der Waals surface area contributed by atoms with E-state index in [4.69, 9.17) is 0 Å². The monoisotopic (exact) mass is 390 g/mol. The van der Waals surface area contributed by atoms with E-state index >= 15 is 0 Å². The van der Waals surface area contributed by atoms with Crippen LogP contribution >= 0.6 is 0 Å². The van der Waals surface area contributed by atoms with E-state index in [0.29, 0.717) is 30.3 Å². The molecule has 2 amide bonds. The molecule has 0 saturated carbocycles. The Morgan fingerprint density at radius 3 is 2.46 bits per heavy atom. The van der Waals surface area contributed by atoms with Gasteiger partial charge in [0, 0.05) is 29.3 Å². The Morgan fingerprint density at radius 2 is 1.89 bits per heavy atom. The van der Waals surface area contributed by atoms with Crippen LogP contribution in [0.3, 0.4) is 0 Å². The molecule has 1 saturated heterocycles. The molecule has 2 rings (SSSR count). The van der Waals surface area contributed by atoms with Crippen molar-refractivity contribution < 1.29 is 14.5 Å². The van der Waals surface area contributed by atoms with E-state index in [1.54, 1.807) is 19.1 Å². The summed E-state index contributed by atoms with van der Waals surface area (Å²) >= 11 is 0. The van der Waals surface area contributed by atoms with Crippen molar-refractivity contribution >= 4 is 23.2 Å². The zero-order chi connectivity index (χ0) is 20.8. The first kappa shape index (κ1) is 21.8. The van der Waals surface area contributed by atoms with Crippen LogP contribution in [0.2, 0.25) is 0 Å². The third kappa shape index (κ3) is 6.02. The van der Waals surface area contributed by atoms with Gasteiger partial charge in [0.1, 0.15) is 0 Å². The highest BCUT2D eigenvalue weighted by atomic mass is 16.6. The van der Waals surface area contributed by atoms with E-state index in [1.165, 1.54) is 6.07 Å². The van der Waals surface area contributed by atoms with Crippen molar-refractivity contribution in [2.45, 2.75) is 46.6 Å². The van der Waals surface area contributed by atoms with Gasteiger partial charge in [0.2, 0.25) is 11.8 Å². The highest BCUT2D eigenvalue weighted by Crippen LogP contribution is 2.22. The second-order valence-electron chi connectivity index (χ2n) is 7.90. The van der Waals surface area contributed by atoms with Gasteiger partial charge in [0.15, 0.2) is 0 Å². The lowest BCUT2D eigenvalue weighted by atomic mass is 9.95. The number of nitro groups is 1. The molecule has 0 unspecified atom stereocenters. The normalized spacial score (nSPS) is 16.6. The summed E-state index contributed by atoms with van der Waals surface area (Å²) in [5, 5.41) is 16.8. The van der Waals surface area contributed by atoms with Gasteiger partial charge in [-0.3, -0.25) is 24.6 Å². The molecule has 1 fully saturated rings. The van der Waals surface area contributed by atoms with Crippen molar-refractivity contribution in [3.8, 4) is 0 Å². The number of nitro benzene ring substituents is 1. The highest BCUT2D eigenvalue weighted by Gasteiger charge is 2.27. The van der Waals surface area contributed by atoms with Gasteiger partial charge in [0.05, 0.1) is 11.5 Å². The van der Waals surface area contributed by atoms with Crippen LogP contribution in [-0.4, -0.2) is 47.3 Å². The number of amides is 2. The molecule has 8 nitrogen and oxygen atoms in total. The largest absolute Gasteiger partial charge is 0.353 e. The maximum absolute atomic E-state index is 12.3. The molecule has 1 heterocycles. The number of hydrogen-bond acceptors (Lipinski definition) is 5. The average molecular weight is 390 g/mol. The Balaban J connectivity index is 1.81. The van der Waals surface area contributed by atoms with Gasteiger partial charge >= 0.3 is 0 Å². The third-order valence-corrected chi connectivity index (χ3v) is 5.39. The Hall–Kier alpha value is -2.48. The smallest absolute Gasteiger partial charge is 0.274 e. The van der Waals surface area contributed by atoms with Crippen molar-refractivity contribution in [3.05, 3.63) is 33.9 Å². The minimum Gasteiger partial charge on any atom is -0.353 e. The summed E-state index contributed by atoms with van der Waals surface area (Å²) in [4.78, 5) is 37.2. The summed E-state index contributed by atoms with van der Waals surface area (Å²) in [6.45, 7) is 9.39. The maximum Gasteiger partial charge on any atom is 0.274 e. The molecule has 0 aromatic heterocycles. The lowest BCUT2D eigenvalue weighted by Gasteiger charge is -2.31. The standard InChI is InChI=1S/C20H30N4O4/c1-13(2)15(4)21-20(26)16-7-9-23(10-8-16)12-19(25)22-17-6-5-14(3)18(11-17)24(27)28/h5-6,11,13,15-16H,7-10,12H2,1-4H3,(H,21,26)(H,22,25)/t15-/m1/s1. The van der Waals surface area contributed by atoms with Crippen molar-refractivity contribution in [1.29, 1.82) is 0 Å². The summed E-state index contributed by atoms with van der Waals surface area (Å²) in [7, 11) is 0. The number of anilines is 1. The highest BCUT2D eigenvalue weighted by molar-refractivity contribution is 5.92. The quantitative estimate of drug-likeness (QED) is 0.550. The minimum atomic E-state index is -0.457. The Morgan fingerprint density at radius 1 is 1.25 bits per heavy atom.